The summed E-state index contributed by atoms with van der Waals surface area (Å²) in [6.45, 7) is -0.114. The van der Waals surface area contributed by atoms with Gasteiger partial charge < -0.3 is 9.73 Å². The van der Waals surface area contributed by atoms with Gasteiger partial charge in [0.15, 0.2) is 0 Å². The molecule has 1 amide bonds. The van der Waals surface area contributed by atoms with Crippen molar-refractivity contribution in [2.45, 2.75) is 31.4 Å². The van der Waals surface area contributed by atoms with E-state index in [0.29, 0.717) is 27.8 Å². The molecule has 1 aliphatic rings. The van der Waals surface area contributed by atoms with Gasteiger partial charge in [0, 0.05) is 35.1 Å². The second-order valence-corrected chi connectivity index (χ2v) is 12.7. The lowest BCUT2D eigenvalue weighted by atomic mass is 10.00. The van der Waals surface area contributed by atoms with E-state index in [0.717, 1.165) is 25.2 Å². The summed E-state index contributed by atoms with van der Waals surface area (Å²) in [7, 11) is -2.40. The first-order valence-corrected chi connectivity index (χ1v) is 15.3. The summed E-state index contributed by atoms with van der Waals surface area (Å²) in [6, 6.07) is 12.6. The molecule has 1 aromatic heterocycles. The molecule has 0 atom stereocenters. The summed E-state index contributed by atoms with van der Waals surface area (Å²) in [6.07, 6.45) is -1.88. The fourth-order valence-electron chi connectivity index (χ4n) is 4.88. The van der Waals surface area contributed by atoms with Gasteiger partial charge in [-0.3, -0.25) is 9.10 Å². The highest BCUT2D eigenvalue weighted by Crippen LogP contribution is 2.48. The number of hydrogen-bond acceptors (Lipinski definition) is 4. The van der Waals surface area contributed by atoms with E-state index in [-0.39, 0.29) is 40.3 Å². The Morgan fingerprint density at radius 1 is 1.10 bits per heavy atom. The third-order valence-corrected chi connectivity index (χ3v) is 8.90. The Labute approximate surface area is 242 Å². The number of anilines is 1. The van der Waals surface area contributed by atoms with Gasteiger partial charge in [-0.25, -0.2) is 12.8 Å². The number of furan rings is 1. The highest BCUT2D eigenvalue weighted by Gasteiger charge is 2.35. The fourth-order valence-corrected chi connectivity index (χ4v) is 6.29. The Bertz CT molecular complexity index is 1750. The average Bonchev–Trinajstić information content (AvgIpc) is 3.68. The lowest BCUT2D eigenvalue weighted by Crippen LogP contribution is -2.32. The zero-order valence-electron chi connectivity index (χ0n) is 22.0. The Morgan fingerprint density at radius 3 is 2.37 bits per heavy atom. The van der Waals surface area contributed by atoms with Gasteiger partial charge >= 0.3 is 6.18 Å². The third kappa shape index (κ3) is 5.99. The van der Waals surface area contributed by atoms with Gasteiger partial charge in [0.1, 0.15) is 17.2 Å². The summed E-state index contributed by atoms with van der Waals surface area (Å²) < 4.78 is 87.2. The predicted octanol–water partition coefficient (Wildman–Crippen LogP) is 7.27. The number of rotatable bonds is 8. The Kier molecular flexibility index (Phi) is 7.66. The van der Waals surface area contributed by atoms with E-state index in [1.165, 1.54) is 47.8 Å². The first-order chi connectivity index (χ1) is 19.3. The van der Waals surface area contributed by atoms with Crippen LogP contribution in [-0.4, -0.2) is 34.2 Å². The van der Waals surface area contributed by atoms with Gasteiger partial charge in [-0.2, -0.15) is 13.2 Å². The fraction of sp³-hybridized carbons (Fsp3) is 0.276. The number of fused-ring (bicyclic) bond motifs is 1. The summed E-state index contributed by atoms with van der Waals surface area (Å²) in [5.41, 5.74) is 1.48. The number of benzene rings is 3. The Hall–Kier alpha value is -3.38. The second kappa shape index (κ2) is 10.8. The molecule has 1 aliphatic carbocycles. The first-order valence-electron chi connectivity index (χ1n) is 12.7. The molecule has 1 heterocycles. The number of halogens is 5. The SMILES string of the molecule is CNC(=O)c1c(-c2ccc(F)cc2)oc2cc(N(CCc3ccc(Br)c(C(F)(F)F)c3)S(C)(=O)=O)c(C3CC3)cc12. The molecule has 0 unspecified atom stereocenters. The molecule has 12 heteroatoms. The van der Waals surface area contributed by atoms with Crippen LogP contribution in [0.3, 0.4) is 0 Å². The molecular weight excluding hydrogens is 628 g/mol. The van der Waals surface area contributed by atoms with Crippen molar-refractivity contribution in [1.29, 1.82) is 0 Å². The van der Waals surface area contributed by atoms with E-state index in [1.807, 2.05) is 0 Å². The van der Waals surface area contributed by atoms with Crippen LogP contribution in [0.5, 0.6) is 0 Å². The molecular formula is C29H25BrF4N2O4S. The molecule has 5 rings (SSSR count). The number of carbonyl (C=O) groups excluding carboxylic acids is 1. The number of nitrogens with one attached hydrogen (secondary N) is 1. The van der Waals surface area contributed by atoms with Crippen LogP contribution in [0.1, 0.15) is 45.8 Å². The zero-order valence-corrected chi connectivity index (χ0v) is 24.4. The van der Waals surface area contributed by atoms with Crippen LogP contribution < -0.4 is 9.62 Å². The molecule has 0 bridgehead atoms. The van der Waals surface area contributed by atoms with Crippen molar-refractivity contribution in [3.8, 4) is 11.3 Å². The number of alkyl halides is 3. The Balaban J connectivity index is 1.62. The van der Waals surface area contributed by atoms with Crippen molar-refractivity contribution in [1.82, 2.24) is 5.32 Å². The standard InChI is InChI=1S/C29H25BrF4N2O4S/c1-35-28(37)26-21-14-20(17-4-5-17)24(15-25(21)40-27(26)18-6-8-19(31)9-7-18)36(41(2,38)39)12-11-16-3-10-23(30)22(13-16)29(32,33)34/h3,6-10,13-15,17H,4-5,11-12H2,1-2H3,(H,35,37). The van der Waals surface area contributed by atoms with E-state index in [9.17, 15) is 30.8 Å². The molecule has 0 aliphatic heterocycles. The molecule has 0 spiro atoms. The van der Waals surface area contributed by atoms with Crippen LogP contribution in [0, 0.1) is 5.82 Å². The van der Waals surface area contributed by atoms with Crippen LogP contribution in [0.15, 0.2) is 63.5 Å². The Morgan fingerprint density at radius 2 is 1.78 bits per heavy atom. The summed E-state index contributed by atoms with van der Waals surface area (Å²) in [5, 5.41) is 3.08. The molecule has 0 radical (unpaired) electrons. The van der Waals surface area contributed by atoms with Crippen LogP contribution in [-0.2, 0) is 22.6 Å². The summed E-state index contributed by atoms with van der Waals surface area (Å²) in [4.78, 5) is 13.0. The van der Waals surface area contributed by atoms with Crippen molar-refractivity contribution in [2.24, 2.45) is 0 Å². The number of carbonyl (C=O) groups is 1. The number of hydrogen-bond donors (Lipinski definition) is 1. The monoisotopic (exact) mass is 652 g/mol. The average molecular weight is 653 g/mol. The largest absolute Gasteiger partial charge is 0.455 e. The topological polar surface area (TPSA) is 79.6 Å². The van der Waals surface area contributed by atoms with Gasteiger partial charge in [0.25, 0.3) is 5.91 Å². The molecule has 3 aromatic carbocycles. The number of amides is 1. The van der Waals surface area contributed by atoms with Crippen LogP contribution in [0.2, 0.25) is 0 Å². The lowest BCUT2D eigenvalue weighted by molar-refractivity contribution is -0.138. The van der Waals surface area contributed by atoms with Crippen LogP contribution in [0.25, 0.3) is 22.3 Å². The van der Waals surface area contributed by atoms with E-state index in [1.54, 1.807) is 12.1 Å². The predicted molar refractivity (Wildman–Crippen MR) is 152 cm³/mol. The number of sulfonamides is 1. The van der Waals surface area contributed by atoms with Gasteiger partial charge in [-0.1, -0.05) is 22.0 Å². The maximum Gasteiger partial charge on any atom is 0.417 e. The quantitative estimate of drug-likeness (QED) is 0.203. The van der Waals surface area contributed by atoms with Gasteiger partial charge in [0.05, 0.1) is 23.1 Å². The molecule has 216 valence electrons. The van der Waals surface area contributed by atoms with Gasteiger partial charge in [-0.05, 0) is 78.8 Å². The van der Waals surface area contributed by atoms with E-state index in [2.05, 4.69) is 21.2 Å². The normalized spacial score (nSPS) is 13.9. The van der Waals surface area contributed by atoms with Crippen molar-refractivity contribution in [3.05, 3.63) is 87.1 Å². The van der Waals surface area contributed by atoms with Gasteiger partial charge in [0.2, 0.25) is 10.0 Å². The van der Waals surface area contributed by atoms with Crippen molar-refractivity contribution < 1.29 is 35.2 Å². The van der Waals surface area contributed by atoms with E-state index < -0.39 is 33.5 Å². The highest BCUT2D eigenvalue weighted by molar-refractivity contribution is 9.10. The van der Waals surface area contributed by atoms with Crippen molar-refractivity contribution in [2.75, 3.05) is 24.2 Å². The first kappa shape index (κ1) is 29.1. The minimum absolute atomic E-state index is 0.0219. The maximum atomic E-state index is 13.6. The van der Waals surface area contributed by atoms with Crippen LogP contribution >= 0.6 is 15.9 Å². The summed E-state index contributed by atoms with van der Waals surface area (Å²) in [5.74, 6) is -0.626. The summed E-state index contributed by atoms with van der Waals surface area (Å²) >= 11 is 2.93. The second-order valence-electron chi connectivity index (χ2n) is 9.97. The molecule has 4 aromatic rings. The molecule has 0 saturated heterocycles. The molecule has 6 nitrogen and oxygen atoms in total. The molecule has 1 N–H and O–H groups in total. The third-order valence-electron chi connectivity index (χ3n) is 7.02. The minimum atomic E-state index is -4.57. The maximum absolute atomic E-state index is 13.6. The molecule has 41 heavy (non-hydrogen) atoms. The minimum Gasteiger partial charge on any atom is -0.455 e. The van der Waals surface area contributed by atoms with E-state index >= 15 is 0 Å². The van der Waals surface area contributed by atoms with Crippen molar-refractivity contribution in [3.63, 3.8) is 0 Å². The highest BCUT2D eigenvalue weighted by atomic mass is 79.9. The van der Waals surface area contributed by atoms with Gasteiger partial charge in [-0.15, -0.1) is 0 Å². The number of nitrogens with zero attached hydrogens (tertiary/aromatic N) is 1. The molecule has 1 saturated carbocycles. The zero-order chi connectivity index (χ0) is 29.7. The molecule has 1 fully saturated rings. The van der Waals surface area contributed by atoms with Crippen molar-refractivity contribution >= 4 is 48.5 Å². The lowest BCUT2D eigenvalue weighted by Gasteiger charge is -2.25. The van der Waals surface area contributed by atoms with E-state index in [4.69, 9.17) is 4.42 Å². The van der Waals surface area contributed by atoms with Crippen LogP contribution in [0.4, 0.5) is 23.2 Å². The smallest absolute Gasteiger partial charge is 0.417 e.